The average molecular weight is 561 g/mol. The van der Waals surface area contributed by atoms with E-state index in [1.165, 1.54) is 0 Å². The van der Waals surface area contributed by atoms with E-state index in [2.05, 4.69) is 138 Å². The van der Waals surface area contributed by atoms with E-state index < -0.39 is 0 Å². The fourth-order valence-corrected chi connectivity index (χ4v) is 6.86. The van der Waals surface area contributed by atoms with Crippen LogP contribution in [0.1, 0.15) is 34.6 Å². The van der Waals surface area contributed by atoms with E-state index in [1.807, 2.05) is 0 Å². The van der Waals surface area contributed by atoms with Crippen LogP contribution in [0.2, 0.25) is 0 Å². The molecule has 2 atom stereocenters. The van der Waals surface area contributed by atoms with Gasteiger partial charge in [0.05, 0.1) is 0 Å². The van der Waals surface area contributed by atoms with E-state index >= 15 is 0 Å². The zero-order chi connectivity index (χ0) is 28.8. The van der Waals surface area contributed by atoms with Crippen molar-refractivity contribution in [2.45, 2.75) is 12.3 Å². The Morgan fingerprint density at radius 1 is 0.581 bits per heavy atom. The first-order valence-electron chi connectivity index (χ1n) is 14.5. The quantitative estimate of drug-likeness (QED) is 0.266. The molecule has 8 nitrogen and oxygen atoms in total. The molecule has 8 bridgehead atoms. The van der Waals surface area contributed by atoms with E-state index in [-0.39, 0.29) is 12.3 Å². The molecule has 2 aromatic heterocycles. The molecule has 5 heterocycles. The van der Waals surface area contributed by atoms with Crippen LogP contribution in [0.15, 0.2) is 117 Å². The number of hydrogen-bond donors (Lipinski definition) is 1. The van der Waals surface area contributed by atoms with Crippen molar-refractivity contribution in [3.05, 3.63) is 130 Å². The van der Waals surface area contributed by atoms with Gasteiger partial charge in [-0.3, -0.25) is 0 Å². The first-order chi connectivity index (χ1) is 21.1. The number of hydrogen-bond acceptors (Lipinski definition) is 6. The molecule has 0 amide bonds. The van der Waals surface area contributed by atoms with Crippen LogP contribution in [0.5, 0.6) is 0 Å². The largest absolute Gasteiger partial charge is 0.333 e. The van der Waals surface area contributed by atoms with Gasteiger partial charge in [0.25, 0.3) is 0 Å². The Morgan fingerprint density at radius 3 is 1.95 bits per heavy atom. The highest BCUT2D eigenvalue weighted by Gasteiger charge is 2.34. The normalized spacial score (nSPS) is 18.4. The minimum absolute atomic E-state index is 0.242. The van der Waals surface area contributed by atoms with Crippen molar-refractivity contribution in [2.24, 2.45) is 34.1 Å². The Hall–Kier alpha value is -5.50. The standard InChI is InChI=1S/C35H28N8/c1-41-30-22-14-6-8-16-24(22)32(41)39-34-26-18-10-11-19-27(26)35(43(34)3)40-33-25-17-9-7-15-23(25)31(42(33)2)38-29-21-13-5-4-12-20(21)28(36-29)37-30/h4-19,28,34H,1-3H3,(H,36,38). The number of aliphatic imine (C=N–C) groups is 2. The van der Waals surface area contributed by atoms with Gasteiger partial charge in [-0.05, 0) is 0 Å². The van der Waals surface area contributed by atoms with Gasteiger partial charge in [-0.25, -0.2) is 20.0 Å². The highest BCUT2D eigenvalue weighted by Crippen LogP contribution is 2.40. The summed E-state index contributed by atoms with van der Waals surface area (Å²) in [5.41, 5.74) is 6.09. The average Bonchev–Trinajstić information content (AvgIpc) is 3.69. The highest BCUT2D eigenvalue weighted by molar-refractivity contribution is 6.16. The second kappa shape index (κ2) is 8.75. The number of fused-ring (bicyclic) bond motifs is 19. The lowest BCUT2D eigenvalue weighted by Gasteiger charge is -2.19. The summed E-state index contributed by atoms with van der Waals surface area (Å²) in [6.07, 6.45) is -0.629. The summed E-state index contributed by atoms with van der Waals surface area (Å²) in [5.74, 6) is 3.51. The van der Waals surface area contributed by atoms with E-state index in [0.29, 0.717) is 0 Å². The van der Waals surface area contributed by atoms with Crippen molar-refractivity contribution in [1.29, 1.82) is 0 Å². The van der Waals surface area contributed by atoms with Gasteiger partial charge in [0, 0.05) is 64.9 Å². The van der Waals surface area contributed by atoms with Crippen molar-refractivity contribution in [1.82, 2.24) is 14.0 Å². The molecular formula is C35H28N8. The lowest BCUT2D eigenvalue weighted by molar-refractivity contribution is 0.397. The number of amidine groups is 2. The van der Waals surface area contributed by atoms with Gasteiger partial charge in [-0.1, -0.05) is 97.1 Å². The third kappa shape index (κ3) is 3.31. The Morgan fingerprint density at radius 2 is 1.19 bits per heavy atom. The van der Waals surface area contributed by atoms with Crippen molar-refractivity contribution in [3.8, 4) is 0 Å². The van der Waals surface area contributed by atoms with Gasteiger partial charge in [0.15, 0.2) is 12.3 Å². The van der Waals surface area contributed by atoms with E-state index in [4.69, 9.17) is 20.0 Å². The first-order valence-corrected chi connectivity index (χ1v) is 14.5. The summed E-state index contributed by atoms with van der Waals surface area (Å²) >= 11 is 0. The van der Waals surface area contributed by atoms with Crippen LogP contribution < -0.4 is 16.3 Å². The molecule has 0 aliphatic carbocycles. The first kappa shape index (κ1) is 24.1. The van der Waals surface area contributed by atoms with Crippen LogP contribution in [0.25, 0.3) is 21.5 Å². The third-order valence-corrected chi connectivity index (χ3v) is 8.98. The van der Waals surface area contributed by atoms with Crippen LogP contribution >= 0.6 is 0 Å². The Balaban J connectivity index is 1.42. The van der Waals surface area contributed by atoms with Crippen molar-refractivity contribution < 1.29 is 0 Å². The van der Waals surface area contributed by atoms with Gasteiger partial charge in [-0.15, -0.1) is 0 Å². The second-order valence-corrected chi connectivity index (χ2v) is 11.4. The van der Waals surface area contributed by atoms with Crippen molar-refractivity contribution >= 4 is 44.9 Å². The number of benzene rings is 4. The summed E-state index contributed by atoms with van der Waals surface area (Å²) in [4.78, 5) is 23.5. The Bertz CT molecular complexity index is 2340. The SMILES string of the molecule is CN1C2=Nc3c4ccccc4c(n3C)NC3=NC(N=c4c5ccccc5c(n4C)=NC1c1ccccc12)c1ccccc13. The molecule has 0 radical (unpaired) electrons. The summed E-state index contributed by atoms with van der Waals surface area (Å²) < 4.78 is 4.25. The van der Waals surface area contributed by atoms with E-state index in [0.717, 1.165) is 78.1 Å². The fourth-order valence-electron chi connectivity index (χ4n) is 6.86. The topological polar surface area (TPSA) is 74.6 Å². The Kier molecular flexibility index (Phi) is 4.91. The van der Waals surface area contributed by atoms with Gasteiger partial charge in [0.1, 0.15) is 34.3 Å². The molecule has 0 saturated heterocycles. The van der Waals surface area contributed by atoms with Gasteiger partial charge in [0.2, 0.25) is 0 Å². The summed E-state index contributed by atoms with van der Waals surface area (Å²) in [6, 6.07) is 33.6. The zero-order valence-corrected chi connectivity index (χ0v) is 24.0. The van der Waals surface area contributed by atoms with Crippen molar-refractivity contribution in [3.63, 3.8) is 0 Å². The monoisotopic (exact) mass is 560 g/mol. The molecule has 4 aromatic carbocycles. The molecule has 43 heavy (non-hydrogen) atoms. The van der Waals surface area contributed by atoms with Gasteiger partial charge in [-0.2, -0.15) is 0 Å². The number of anilines is 1. The van der Waals surface area contributed by atoms with Crippen molar-refractivity contribution in [2.75, 3.05) is 12.4 Å². The molecule has 0 spiro atoms. The molecule has 8 heteroatoms. The molecular weight excluding hydrogens is 532 g/mol. The van der Waals surface area contributed by atoms with Crippen LogP contribution in [0.4, 0.5) is 11.6 Å². The zero-order valence-electron chi connectivity index (χ0n) is 24.0. The number of rotatable bonds is 0. The Labute approximate surface area is 247 Å². The maximum Gasteiger partial charge on any atom is 0.170 e. The molecule has 2 unspecified atom stereocenters. The smallest absolute Gasteiger partial charge is 0.170 e. The predicted molar refractivity (Wildman–Crippen MR) is 171 cm³/mol. The van der Waals surface area contributed by atoms with Gasteiger partial charge >= 0.3 is 0 Å². The fraction of sp³-hybridized carbons (Fsp3) is 0.143. The highest BCUT2D eigenvalue weighted by atomic mass is 15.3. The van der Waals surface area contributed by atoms with Gasteiger partial charge < -0.3 is 19.4 Å². The number of nitrogens with one attached hydrogen (secondary N) is 1. The number of aromatic nitrogens is 2. The molecule has 3 aliphatic rings. The van der Waals surface area contributed by atoms with Crippen LogP contribution in [0, 0.1) is 0 Å². The van der Waals surface area contributed by atoms with Crippen LogP contribution in [0.3, 0.4) is 0 Å². The molecule has 3 aliphatic heterocycles. The third-order valence-electron chi connectivity index (χ3n) is 8.98. The van der Waals surface area contributed by atoms with E-state index in [9.17, 15) is 0 Å². The minimum atomic E-state index is -0.387. The molecule has 0 saturated carbocycles. The van der Waals surface area contributed by atoms with Crippen LogP contribution in [-0.2, 0) is 14.1 Å². The van der Waals surface area contributed by atoms with E-state index in [1.54, 1.807) is 0 Å². The summed E-state index contributed by atoms with van der Waals surface area (Å²) in [6.45, 7) is 0. The minimum Gasteiger partial charge on any atom is -0.333 e. The maximum absolute atomic E-state index is 5.43. The molecule has 6 aromatic rings. The lowest BCUT2D eigenvalue weighted by Crippen LogP contribution is -2.28. The second-order valence-electron chi connectivity index (χ2n) is 11.4. The molecule has 1 N–H and O–H groups in total. The predicted octanol–water partition coefficient (Wildman–Crippen LogP) is 5.52. The van der Waals surface area contributed by atoms with Crippen LogP contribution in [-0.4, -0.2) is 32.8 Å². The lowest BCUT2D eigenvalue weighted by atomic mass is 10.1. The summed E-state index contributed by atoms with van der Waals surface area (Å²) in [5, 5.41) is 7.99. The molecule has 208 valence electrons. The summed E-state index contributed by atoms with van der Waals surface area (Å²) in [7, 11) is 6.20. The molecule has 0 fully saturated rings. The maximum atomic E-state index is 5.43. The molecule has 9 rings (SSSR count). The number of nitrogens with zero attached hydrogens (tertiary/aromatic N) is 7.